The third kappa shape index (κ3) is 2.69. The van der Waals surface area contributed by atoms with Crippen molar-refractivity contribution in [3.8, 4) is 0 Å². The van der Waals surface area contributed by atoms with Crippen molar-refractivity contribution in [2.75, 3.05) is 0 Å². The molecule has 3 rings (SSSR count). The lowest BCUT2D eigenvalue weighted by atomic mass is 10.1. The monoisotopic (exact) mass is 307 g/mol. The highest BCUT2D eigenvalue weighted by atomic mass is 35.7. The van der Waals surface area contributed by atoms with Crippen LogP contribution >= 0.6 is 10.7 Å². The van der Waals surface area contributed by atoms with Gasteiger partial charge in [-0.25, -0.2) is 13.4 Å². The maximum absolute atomic E-state index is 11.3. The van der Waals surface area contributed by atoms with Crippen LogP contribution in [-0.4, -0.2) is 13.4 Å². The third-order valence-corrected chi connectivity index (χ3v) is 4.24. The number of fused-ring (bicyclic) bond motifs is 1. The number of rotatable bonds is 3. The zero-order chi connectivity index (χ0) is 14.2. The van der Waals surface area contributed by atoms with Gasteiger partial charge in [0.05, 0.1) is 4.90 Å². The highest BCUT2D eigenvalue weighted by Crippen LogP contribution is 2.23. The van der Waals surface area contributed by atoms with Crippen molar-refractivity contribution in [2.24, 2.45) is 0 Å². The second kappa shape index (κ2) is 4.92. The first-order valence-corrected chi connectivity index (χ1v) is 8.21. The van der Waals surface area contributed by atoms with Crippen LogP contribution in [0.3, 0.4) is 0 Å². The Morgan fingerprint density at radius 3 is 2.55 bits per heavy atom. The van der Waals surface area contributed by atoms with Crippen molar-refractivity contribution in [1.29, 1.82) is 0 Å². The summed E-state index contributed by atoms with van der Waals surface area (Å²) in [5, 5.41) is 0. The number of nitrogens with zero attached hydrogens (tertiary/aromatic N) is 1. The van der Waals surface area contributed by atoms with E-state index >= 15 is 0 Å². The fraction of sp³-hybridized carbons (Fsp3) is 0.0714. The van der Waals surface area contributed by atoms with Crippen LogP contribution in [0.4, 0.5) is 0 Å². The Kier molecular flexibility index (Phi) is 3.23. The Morgan fingerprint density at radius 2 is 1.85 bits per heavy atom. The second-order valence-corrected chi connectivity index (χ2v) is 6.90. The van der Waals surface area contributed by atoms with Gasteiger partial charge in [0.1, 0.15) is 5.52 Å². The van der Waals surface area contributed by atoms with Gasteiger partial charge in [-0.3, -0.25) is 0 Å². The van der Waals surface area contributed by atoms with Gasteiger partial charge in [-0.2, -0.15) is 0 Å². The van der Waals surface area contributed by atoms with Crippen molar-refractivity contribution < 1.29 is 12.8 Å². The zero-order valence-corrected chi connectivity index (χ0v) is 11.9. The van der Waals surface area contributed by atoms with Crippen molar-refractivity contribution in [3.05, 3.63) is 60.0 Å². The summed E-state index contributed by atoms with van der Waals surface area (Å²) in [6.45, 7) is 0. The first kappa shape index (κ1) is 13.1. The minimum Gasteiger partial charge on any atom is -0.440 e. The Labute approximate surface area is 120 Å². The van der Waals surface area contributed by atoms with E-state index < -0.39 is 9.05 Å². The first-order valence-electron chi connectivity index (χ1n) is 5.90. The van der Waals surface area contributed by atoms with Crippen LogP contribution in [0.5, 0.6) is 0 Å². The summed E-state index contributed by atoms with van der Waals surface area (Å²) < 4.78 is 28.1. The minimum atomic E-state index is -3.76. The third-order valence-electron chi connectivity index (χ3n) is 2.88. The molecular weight excluding hydrogens is 298 g/mol. The number of benzene rings is 2. The molecule has 0 saturated heterocycles. The summed E-state index contributed by atoms with van der Waals surface area (Å²) in [5.41, 5.74) is 2.10. The maximum Gasteiger partial charge on any atom is 0.261 e. The van der Waals surface area contributed by atoms with Gasteiger partial charge < -0.3 is 4.42 Å². The summed E-state index contributed by atoms with van der Waals surface area (Å²) in [4.78, 5) is 4.34. The van der Waals surface area contributed by atoms with Gasteiger partial charge in [-0.1, -0.05) is 30.3 Å². The molecule has 0 N–H and O–H groups in total. The quantitative estimate of drug-likeness (QED) is 0.696. The normalized spacial score (nSPS) is 11.8. The van der Waals surface area contributed by atoms with E-state index in [-0.39, 0.29) is 4.90 Å². The summed E-state index contributed by atoms with van der Waals surface area (Å²) in [6, 6.07) is 14.2. The molecule has 0 fully saturated rings. The molecule has 20 heavy (non-hydrogen) atoms. The van der Waals surface area contributed by atoms with Crippen molar-refractivity contribution in [2.45, 2.75) is 11.3 Å². The summed E-state index contributed by atoms with van der Waals surface area (Å²) >= 11 is 0. The Hall–Kier alpha value is -1.85. The fourth-order valence-electron chi connectivity index (χ4n) is 1.95. The number of hydrogen-bond donors (Lipinski definition) is 0. The molecule has 3 aromatic rings. The van der Waals surface area contributed by atoms with Crippen molar-refractivity contribution in [1.82, 2.24) is 4.98 Å². The van der Waals surface area contributed by atoms with E-state index in [1.807, 2.05) is 30.3 Å². The molecule has 0 spiro atoms. The van der Waals surface area contributed by atoms with Crippen LogP contribution in [0.25, 0.3) is 11.1 Å². The van der Waals surface area contributed by atoms with E-state index in [2.05, 4.69) is 4.98 Å². The van der Waals surface area contributed by atoms with Gasteiger partial charge in [0.15, 0.2) is 11.5 Å². The Balaban J connectivity index is 1.99. The predicted octanol–water partition coefficient (Wildman–Crippen LogP) is 3.35. The van der Waals surface area contributed by atoms with Crippen LogP contribution in [0.2, 0.25) is 0 Å². The molecule has 0 radical (unpaired) electrons. The zero-order valence-electron chi connectivity index (χ0n) is 10.3. The Bertz CT molecular complexity index is 857. The second-order valence-electron chi connectivity index (χ2n) is 4.34. The lowest BCUT2D eigenvalue weighted by Crippen LogP contribution is -1.89. The van der Waals surface area contributed by atoms with E-state index in [4.69, 9.17) is 15.1 Å². The maximum atomic E-state index is 11.3. The predicted molar refractivity (Wildman–Crippen MR) is 76.3 cm³/mol. The molecule has 0 unspecified atom stereocenters. The Morgan fingerprint density at radius 1 is 1.10 bits per heavy atom. The number of hydrogen-bond acceptors (Lipinski definition) is 4. The average Bonchev–Trinajstić information content (AvgIpc) is 2.80. The first-order chi connectivity index (χ1) is 9.52. The summed E-state index contributed by atoms with van der Waals surface area (Å²) in [7, 11) is 1.55. The molecule has 0 bridgehead atoms. The summed E-state index contributed by atoms with van der Waals surface area (Å²) in [6.07, 6.45) is 0.554. The van der Waals surface area contributed by atoms with Gasteiger partial charge in [0.2, 0.25) is 0 Å². The highest BCUT2D eigenvalue weighted by molar-refractivity contribution is 8.13. The smallest absolute Gasteiger partial charge is 0.261 e. The lowest BCUT2D eigenvalue weighted by Gasteiger charge is -1.95. The molecule has 2 aromatic carbocycles. The van der Waals surface area contributed by atoms with Gasteiger partial charge in [0, 0.05) is 23.2 Å². The molecule has 0 aliphatic rings. The van der Waals surface area contributed by atoms with E-state index in [0.717, 1.165) is 5.56 Å². The molecule has 1 aromatic heterocycles. The molecular formula is C14H10ClNO3S. The number of aromatic nitrogens is 1. The molecule has 0 saturated carbocycles. The topological polar surface area (TPSA) is 60.2 Å². The van der Waals surface area contributed by atoms with Crippen LogP contribution in [0.1, 0.15) is 11.5 Å². The molecule has 0 aliphatic heterocycles. The standard InChI is InChI=1S/C14H10ClNO3S/c15-20(17,18)11-6-7-12-13(9-11)19-14(16-12)8-10-4-2-1-3-5-10/h1-7,9H,8H2. The van der Waals surface area contributed by atoms with Crippen LogP contribution < -0.4 is 0 Å². The van der Waals surface area contributed by atoms with Crippen LogP contribution in [0.15, 0.2) is 57.8 Å². The van der Waals surface area contributed by atoms with E-state index in [1.165, 1.54) is 12.1 Å². The number of oxazole rings is 1. The molecule has 6 heteroatoms. The molecule has 4 nitrogen and oxygen atoms in total. The van der Waals surface area contributed by atoms with Gasteiger partial charge in [0.25, 0.3) is 9.05 Å². The van der Waals surface area contributed by atoms with Gasteiger partial charge in [-0.05, 0) is 17.7 Å². The molecule has 0 amide bonds. The SMILES string of the molecule is O=S(=O)(Cl)c1ccc2nc(Cc3ccccc3)oc2c1. The fourth-order valence-corrected chi connectivity index (χ4v) is 2.72. The van der Waals surface area contributed by atoms with Crippen LogP contribution in [-0.2, 0) is 15.5 Å². The van der Waals surface area contributed by atoms with Crippen molar-refractivity contribution >= 4 is 30.8 Å². The van der Waals surface area contributed by atoms with Gasteiger partial charge >= 0.3 is 0 Å². The molecule has 102 valence electrons. The van der Waals surface area contributed by atoms with Gasteiger partial charge in [-0.15, -0.1) is 0 Å². The highest BCUT2D eigenvalue weighted by Gasteiger charge is 2.13. The molecule has 0 atom stereocenters. The van der Waals surface area contributed by atoms with Crippen LogP contribution in [0, 0.1) is 0 Å². The largest absolute Gasteiger partial charge is 0.440 e. The minimum absolute atomic E-state index is 0.00841. The van der Waals surface area contributed by atoms with E-state index in [9.17, 15) is 8.42 Å². The van der Waals surface area contributed by atoms with E-state index in [0.29, 0.717) is 23.4 Å². The lowest BCUT2D eigenvalue weighted by molar-refractivity contribution is 0.543. The average molecular weight is 308 g/mol. The molecule has 0 aliphatic carbocycles. The van der Waals surface area contributed by atoms with Crippen molar-refractivity contribution in [3.63, 3.8) is 0 Å². The number of halogens is 1. The summed E-state index contributed by atoms with van der Waals surface area (Å²) in [5.74, 6) is 0.537. The molecule has 1 heterocycles. The van der Waals surface area contributed by atoms with E-state index in [1.54, 1.807) is 6.07 Å².